The average molecular weight is 201 g/mol. The fourth-order valence-electron chi connectivity index (χ4n) is 0.396. The summed E-state index contributed by atoms with van der Waals surface area (Å²) in [6.45, 7) is 0. The highest BCUT2D eigenvalue weighted by Crippen LogP contribution is 2.01. The Balaban J connectivity index is 0.000000810. The van der Waals surface area contributed by atoms with E-state index in [-0.39, 0.29) is 6.15 Å². The van der Waals surface area contributed by atoms with E-state index in [4.69, 9.17) is 5.26 Å². The van der Waals surface area contributed by atoms with Gasteiger partial charge in [-0.15, -0.1) is 0 Å². The molecule has 0 spiro atoms. The van der Waals surface area contributed by atoms with Crippen LogP contribution in [0.1, 0.15) is 5.69 Å². The van der Waals surface area contributed by atoms with E-state index >= 15 is 0 Å². The molecule has 5 heteroatoms. The van der Waals surface area contributed by atoms with E-state index < -0.39 is 0 Å². The van der Waals surface area contributed by atoms with Gasteiger partial charge < -0.3 is 6.15 Å². The summed E-state index contributed by atoms with van der Waals surface area (Å²) in [4.78, 5) is 7.51. The van der Waals surface area contributed by atoms with Crippen molar-refractivity contribution in [2.45, 2.75) is 0 Å². The van der Waals surface area contributed by atoms with Crippen LogP contribution in [0.2, 0.25) is 0 Å². The fraction of sp³-hybridized carbons (Fsp3) is 0. The Bertz CT molecular complexity index is 254. The van der Waals surface area contributed by atoms with Crippen LogP contribution in [0, 0.1) is 11.3 Å². The highest BCUT2D eigenvalue weighted by atomic mass is 79.9. The molecule has 4 nitrogen and oxygen atoms in total. The van der Waals surface area contributed by atoms with Gasteiger partial charge in [-0.05, 0) is 15.9 Å². The minimum atomic E-state index is 0. The standard InChI is InChI=1S/C5H2BrN3.H3N/c6-5-3-8-2-4(1-7)9-5;/h2-3H;1H3. The molecular weight excluding hydrogens is 196 g/mol. The number of aromatic nitrogens is 2. The lowest BCUT2D eigenvalue weighted by atomic mass is 10.5. The van der Waals surface area contributed by atoms with Gasteiger partial charge in [0.2, 0.25) is 0 Å². The minimum absolute atomic E-state index is 0. The number of rotatable bonds is 0. The van der Waals surface area contributed by atoms with Crippen molar-refractivity contribution in [1.29, 1.82) is 5.26 Å². The highest BCUT2D eigenvalue weighted by Gasteiger charge is 1.90. The van der Waals surface area contributed by atoms with Crippen molar-refractivity contribution < 1.29 is 0 Å². The summed E-state index contributed by atoms with van der Waals surface area (Å²) in [6, 6.07) is 1.86. The van der Waals surface area contributed by atoms with E-state index in [1.54, 1.807) is 0 Å². The molecule has 0 saturated heterocycles. The van der Waals surface area contributed by atoms with E-state index in [2.05, 4.69) is 25.9 Å². The van der Waals surface area contributed by atoms with Crippen LogP contribution < -0.4 is 6.15 Å². The molecule has 0 amide bonds. The Kier molecular flexibility index (Phi) is 3.54. The first-order valence-electron chi connectivity index (χ1n) is 2.20. The fourth-order valence-corrected chi connectivity index (χ4v) is 0.705. The Morgan fingerprint density at radius 1 is 1.50 bits per heavy atom. The summed E-state index contributed by atoms with van der Waals surface area (Å²) in [5.41, 5.74) is 0.323. The molecule has 0 bridgehead atoms. The molecule has 0 aliphatic carbocycles. The summed E-state index contributed by atoms with van der Waals surface area (Å²) in [5, 5.41) is 8.29. The molecule has 0 aliphatic heterocycles. The van der Waals surface area contributed by atoms with Crippen LogP contribution >= 0.6 is 15.9 Å². The summed E-state index contributed by atoms with van der Waals surface area (Å²) >= 11 is 3.08. The zero-order valence-electron chi connectivity index (χ0n) is 5.08. The van der Waals surface area contributed by atoms with Crippen LogP contribution in [-0.2, 0) is 0 Å². The Labute approximate surface area is 66.6 Å². The Hall–Kier alpha value is -0.990. The molecule has 1 heterocycles. The molecule has 0 atom stereocenters. The lowest BCUT2D eigenvalue weighted by Gasteiger charge is -1.85. The third-order valence-electron chi connectivity index (χ3n) is 0.720. The molecule has 0 radical (unpaired) electrons. The predicted molar refractivity (Wildman–Crippen MR) is 39.5 cm³/mol. The first kappa shape index (κ1) is 9.01. The van der Waals surface area contributed by atoms with Crippen LogP contribution in [0.5, 0.6) is 0 Å². The quantitative estimate of drug-likeness (QED) is 0.684. The molecule has 1 aromatic rings. The summed E-state index contributed by atoms with van der Waals surface area (Å²) in [7, 11) is 0. The Morgan fingerprint density at radius 2 is 2.20 bits per heavy atom. The van der Waals surface area contributed by atoms with Gasteiger partial charge in [0.1, 0.15) is 10.7 Å². The topological polar surface area (TPSA) is 84.6 Å². The second kappa shape index (κ2) is 3.93. The van der Waals surface area contributed by atoms with E-state index in [0.29, 0.717) is 10.3 Å². The zero-order chi connectivity index (χ0) is 6.69. The molecule has 10 heavy (non-hydrogen) atoms. The van der Waals surface area contributed by atoms with Gasteiger partial charge in [-0.25, -0.2) is 4.98 Å². The minimum Gasteiger partial charge on any atom is -0.344 e. The van der Waals surface area contributed by atoms with Gasteiger partial charge in [0.05, 0.1) is 12.4 Å². The summed E-state index contributed by atoms with van der Waals surface area (Å²) in [5.74, 6) is 0. The molecule has 0 saturated carbocycles. The van der Waals surface area contributed by atoms with Gasteiger partial charge in [-0.1, -0.05) is 0 Å². The van der Waals surface area contributed by atoms with Gasteiger partial charge >= 0.3 is 0 Å². The van der Waals surface area contributed by atoms with Gasteiger partial charge in [-0.2, -0.15) is 5.26 Å². The first-order valence-corrected chi connectivity index (χ1v) is 3.00. The molecule has 0 fully saturated rings. The molecular formula is C5H5BrN4. The highest BCUT2D eigenvalue weighted by molar-refractivity contribution is 9.10. The molecule has 0 aromatic carbocycles. The van der Waals surface area contributed by atoms with Crippen molar-refractivity contribution in [1.82, 2.24) is 16.1 Å². The van der Waals surface area contributed by atoms with Gasteiger partial charge in [0.15, 0.2) is 5.69 Å². The van der Waals surface area contributed by atoms with E-state index in [9.17, 15) is 0 Å². The van der Waals surface area contributed by atoms with E-state index in [1.807, 2.05) is 6.07 Å². The molecule has 52 valence electrons. The maximum atomic E-state index is 8.29. The number of nitriles is 1. The monoisotopic (exact) mass is 200 g/mol. The number of hydrogen-bond donors (Lipinski definition) is 1. The lowest BCUT2D eigenvalue weighted by Crippen LogP contribution is -1.83. The van der Waals surface area contributed by atoms with E-state index in [0.717, 1.165) is 0 Å². The van der Waals surface area contributed by atoms with Crippen LogP contribution in [0.3, 0.4) is 0 Å². The first-order chi connectivity index (χ1) is 4.33. The maximum Gasteiger partial charge on any atom is 0.160 e. The summed E-state index contributed by atoms with van der Waals surface area (Å²) in [6.07, 6.45) is 2.94. The summed E-state index contributed by atoms with van der Waals surface area (Å²) < 4.78 is 0.585. The molecule has 1 aromatic heterocycles. The van der Waals surface area contributed by atoms with Crippen molar-refractivity contribution in [2.24, 2.45) is 0 Å². The van der Waals surface area contributed by atoms with Crippen molar-refractivity contribution >= 4 is 15.9 Å². The van der Waals surface area contributed by atoms with Crippen LogP contribution in [0.15, 0.2) is 17.0 Å². The lowest BCUT2D eigenvalue weighted by molar-refractivity contribution is 1.13. The van der Waals surface area contributed by atoms with Gasteiger partial charge in [0.25, 0.3) is 0 Å². The van der Waals surface area contributed by atoms with Crippen LogP contribution in [-0.4, -0.2) is 9.97 Å². The van der Waals surface area contributed by atoms with Crippen molar-refractivity contribution in [3.8, 4) is 6.07 Å². The van der Waals surface area contributed by atoms with Crippen molar-refractivity contribution in [3.05, 3.63) is 22.7 Å². The number of halogens is 1. The second-order valence-corrected chi connectivity index (χ2v) is 2.15. The average Bonchev–Trinajstić information content (AvgIpc) is 1.88. The molecule has 1 rings (SSSR count). The van der Waals surface area contributed by atoms with Gasteiger partial charge in [0, 0.05) is 0 Å². The number of nitrogens with zero attached hydrogens (tertiary/aromatic N) is 3. The zero-order valence-corrected chi connectivity index (χ0v) is 6.67. The normalized spacial score (nSPS) is 7.60. The van der Waals surface area contributed by atoms with Gasteiger partial charge in [-0.3, -0.25) is 4.98 Å². The third-order valence-corrected chi connectivity index (χ3v) is 1.10. The van der Waals surface area contributed by atoms with Crippen LogP contribution in [0.25, 0.3) is 0 Å². The maximum absolute atomic E-state index is 8.29. The SMILES string of the molecule is N.N#Cc1cncc(Br)n1. The van der Waals surface area contributed by atoms with Crippen molar-refractivity contribution in [2.75, 3.05) is 0 Å². The second-order valence-electron chi connectivity index (χ2n) is 1.34. The molecule has 3 N–H and O–H groups in total. The largest absolute Gasteiger partial charge is 0.344 e. The number of hydrogen-bond acceptors (Lipinski definition) is 4. The van der Waals surface area contributed by atoms with Crippen molar-refractivity contribution in [3.63, 3.8) is 0 Å². The van der Waals surface area contributed by atoms with E-state index in [1.165, 1.54) is 12.4 Å². The molecule has 0 unspecified atom stereocenters. The smallest absolute Gasteiger partial charge is 0.160 e. The van der Waals surface area contributed by atoms with Crippen LogP contribution in [0.4, 0.5) is 0 Å². The predicted octanol–water partition coefficient (Wildman–Crippen LogP) is 1.27. The molecule has 0 aliphatic rings. The Morgan fingerprint density at radius 3 is 2.60 bits per heavy atom. The third kappa shape index (κ3) is 2.09.